The van der Waals surface area contributed by atoms with Crippen LogP contribution in [0.4, 0.5) is 0 Å². The quantitative estimate of drug-likeness (QED) is 0.526. The van der Waals surface area contributed by atoms with E-state index in [4.69, 9.17) is 4.11 Å². The third kappa shape index (κ3) is 0.964. The van der Waals surface area contributed by atoms with Crippen molar-refractivity contribution in [2.75, 3.05) is 0 Å². The lowest BCUT2D eigenvalue weighted by atomic mass is 10.4. The molecule has 0 bridgehead atoms. The van der Waals surface area contributed by atoms with E-state index in [2.05, 4.69) is 4.98 Å². The first-order valence-corrected chi connectivity index (χ1v) is 2.19. The van der Waals surface area contributed by atoms with Gasteiger partial charge >= 0.3 is 0 Å². The molecule has 1 aromatic rings. The molecule has 1 aromatic heterocycles. The minimum Gasteiger partial charge on any atom is -0.365 e. The van der Waals surface area contributed by atoms with Gasteiger partial charge in [0.1, 0.15) is 0 Å². The minimum atomic E-state index is -2.22. The number of aryl methyl sites for hydroxylation is 1. The Labute approximate surface area is 51.4 Å². The lowest BCUT2D eigenvalue weighted by molar-refractivity contribution is 1.18. The van der Waals surface area contributed by atoms with Crippen molar-refractivity contribution in [2.45, 2.75) is 6.85 Å². The number of nitrogens with one attached hydrogen (secondary N) is 1. The highest BCUT2D eigenvalue weighted by Crippen LogP contribution is 1.79. The second-order valence-electron chi connectivity index (χ2n) is 1.44. The zero-order valence-corrected chi connectivity index (χ0v) is 4.14. The van der Waals surface area contributed by atoms with Gasteiger partial charge in [-0.05, 0) is 6.85 Å². The van der Waals surface area contributed by atoms with Crippen LogP contribution in [0.25, 0.3) is 0 Å². The molecule has 1 rings (SSSR count). The van der Waals surface area contributed by atoms with Crippen LogP contribution in [0, 0.1) is 6.85 Å². The number of aromatic amines is 1. The number of H-pyrrole nitrogens is 1. The molecule has 42 valence electrons. The highest BCUT2D eigenvalue weighted by Gasteiger charge is 1.80. The van der Waals surface area contributed by atoms with Gasteiger partial charge < -0.3 is 4.98 Å². The number of hydrogen-bond acceptors (Lipinski definition) is 1. The minimum absolute atomic E-state index is 0.0231. The van der Waals surface area contributed by atoms with Crippen LogP contribution < -0.4 is 5.43 Å². The Balaban J connectivity index is 3.16. The van der Waals surface area contributed by atoms with E-state index >= 15 is 0 Å². The van der Waals surface area contributed by atoms with E-state index in [1.807, 2.05) is 0 Å². The van der Waals surface area contributed by atoms with Crippen LogP contribution in [-0.2, 0) is 0 Å². The van der Waals surface area contributed by atoms with Crippen molar-refractivity contribution in [1.29, 1.82) is 0 Å². The van der Waals surface area contributed by atoms with E-state index in [0.717, 1.165) is 6.07 Å². The molecule has 1 heterocycles. The number of aromatic nitrogens is 1. The molecular formula is C6H7NO. The second-order valence-corrected chi connectivity index (χ2v) is 1.44. The zero-order chi connectivity index (χ0) is 8.48. The fourth-order valence-corrected chi connectivity index (χ4v) is 0.446. The van der Waals surface area contributed by atoms with Crippen LogP contribution >= 0.6 is 0 Å². The summed E-state index contributed by atoms with van der Waals surface area (Å²) in [5.74, 6) is 0. The van der Waals surface area contributed by atoms with Crippen LogP contribution in [0.3, 0.4) is 0 Å². The van der Waals surface area contributed by atoms with Crippen molar-refractivity contribution in [1.82, 2.24) is 4.98 Å². The molecule has 0 fully saturated rings. The summed E-state index contributed by atoms with van der Waals surface area (Å²) in [6.45, 7) is -2.22. The molecule has 8 heavy (non-hydrogen) atoms. The Morgan fingerprint density at radius 3 is 3.25 bits per heavy atom. The maximum absolute atomic E-state index is 10.7. The SMILES string of the molecule is [2H]C([2H])([2H])c1cc(=O)cc[nH]1. The smallest absolute Gasteiger partial charge is 0.181 e. The largest absolute Gasteiger partial charge is 0.365 e. The number of pyridine rings is 1. The summed E-state index contributed by atoms with van der Waals surface area (Å²) in [4.78, 5) is 13.2. The predicted molar refractivity (Wildman–Crippen MR) is 31.8 cm³/mol. The number of rotatable bonds is 0. The van der Waals surface area contributed by atoms with Crippen molar-refractivity contribution in [3.8, 4) is 0 Å². The third-order valence-corrected chi connectivity index (χ3v) is 0.773. The van der Waals surface area contributed by atoms with Gasteiger partial charge in [0, 0.05) is 28.1 Å². The fourth-order valence-electron chi connectivity index (χ4n) is 0.446. The molecule has 0 aliphatic heterocycles. The molecule has 1 N–H and O–H groups in total. The van der Waals surface area contributed by atoms with Gasteiger partial charge in [-0.15, -0.1) is 0 Å². The van der Waals surface area contributed by atoms with Crippen LogP contribution in [-0.4, -0.2) is 4.98 Å². The molecule has 0 aromatic carbocycles. The maximum atomic E-state index is 10.7. The van der Waals surface area contributed by atoms with E-state index in [1.54, 1.807) is 0 Å². The van der Waals surface area contributed by atoms with Gasteiger partial charge in [-0.1, -0.05) is 0 Å². The summed E-state index contributed by atoms with van der Waals surface area (Å²) < 4.78 is 20.8. The molecule has 2 nitrogen and oxygen atoms in total. The Morgan fingerprint density at radius 2 is 2.75 bits per heavy atom. The van der Waals surface area contributed by atoms with E-state index < -0.39 is 6.85 Å². The Kier molecular flexibility index (Phi) is 0.565. The van der Waals surface area contributed by atoms with E-state index in [1.165, 1.54) is 12.3 Å². The van der Waals surface area contributed by atoms with E-state index in [9.17, 15) is 4.79 Å². The van der Waals surface area contributed by atoms with Crippen LogP contribution in [0.5, 0.6) is 0 Å². The molecule has 0 saturated carbocycles. The molecule has 0 amide bonds. The standard InChI is InChI=1S/C6H7NO/c1-5-4-6(8)2-3-7-5/h2-4H,1H3,(H,7,8)/i1D3. The molecule has 0 radical (unpaired) electrons. The zero-order valence-electron chi connectivity index (χ0n) is 7.14. The van der Waals surface area contributed by atoms with Crippen molar-refractivity contribution in [3.63, 3.8) is 0 Å². The molecule has 0 aliphatic rings. The van der Waals surface area contributed by atoms with Gasteiger partial charge in [0.2, 0.25) is 0 Å². The molecule has 0 saturated heterocycles. The lowest BCUT2D eigenvalue weighted by Crippen LogP contribution is -1.96. The highest BCUT2D eigenvalue weighted by molar-refractivity contribution is 5.00. The van der Waals surface area contributed by atoms with Crippen molar-refractivity contribution >= 4 is 0 Å². The molecular weight excluding hydrogens is 102 g/mol. The maximum Gasteiger partial charge on any atom is 0.181 e. The summed E-state index contributed by atoms with van der Waals surface area (Å²) in [5, 5.41) is 0. The Bertz CT molecular complexity index is 301. The first-order chi connectivity index (χ1) is 5.00. The third-order valence-electron chi connectivity index (χ3n) is 0.773. The summed E-state index contributed by atoms with van der Waals surface area (Å²) in [5.41, 5.74) is -0.320. The summed E-state index contributed by atoms with van der Waals surface area (Å²) in [7, 11) is 0. The fraction of sp³-hybridized carbons (Fsp3) is 0.167. The van der Waals surface area contributed by atoms with Crippen molar-refractivity contribution in [3.05, 3.63) is 34.2 Å². The van der Waals surface area contributed by atoms with Gasteiger partial charge in [0.25, 0.3) is 0 Å². The molecule has 0 unspecified atom stereocenters. The van der Waals surface area contributed by atoms with E-state index in [0.29, 0.717) is 0 Å². The molecule has 0 atom stereocenters. The van der Waals surface area contributed by atoms with Gasteiger partial charge in [0.05, 0.1) is 0 Å². The topological polar surface area (TPSA) is 32.9 Å². The van der Waals surface area contributed by atoms with Crippen LogP contribution in [0.15, 0.2) is 23.1 Å². The van der Waals surface area contributed by atoms with Gasteiger partial charge in [-0.2, -0.15) is 0 Å². The first kappa shape index (κ1) is 2.49. The van der Waals surface area contributed by atoms with Crippen molar-refractivity contribution in [2.24, 2.45) is 0 Å². The summed E-state index contributed by atoms with van der Waals surface area (Å²) in [6.07, 6.45) is 1.32. The van der Waals surface area contributed by atoms with Gasteiger partial charge in [-0.25, -0.2) is 0 Å². The normalized spacial score (nSPS) is 16.2. The van der Waals surface area contributed by atoms with Crippen molar-refractivity contribution < 1.29 is 4.11 Å². The second kappa shape index (κ2) is 1.82. The predicted octanol–water partition coefficient (Wildman–Crippen LogP) is 0.683. The Hall–Kier alpha value is -1.05. The Morgan fingerprint density at radius 1 is 1.88 bits per heavy atom. The van der Waals surface area contributed by atoms with E-state index in [-0.39, 0.29) is 11.1 Å². The molecule has 0 spiro atoms. The van der Waals surface area contributed by atoms with Crippen LogP contribution in [0.1, 0.15) is 9.81 Å². The van der Waals surface area contributed by atoms with Gasteiger partial charge in [0.15, 0.2) is 5.43 Å². The van der Waals surface area contributed by atoms with Gasteiger partial charge in [-0.3, -0.25) is 4.79 Å². The lowest BCUT2D eigenvalue weighted by Gasteiger charge is -1.85. The number of hydrogen-bond donors (Lipinski definition) is 1. The summed E-state index contributed by atoms with van der Waals surface area (Å²) >= 11 is 0. The first-order valence-electron chi connectivity index (χ1n) is 3.69. The summed E-state index contributed by atoms with van der Waals surface area (Å²) in [6, 6.07) is 2.35. The average molecular weight is 112 g/mol. The molecule has 2 heteroatoms. The molecule has 0 aliphatic carbocycles. The van der Waals surface area contributed by atoms with Crippen LogP contribution in [0.2, 0.25) is 0 Å². The highest BCUT2D eigenvalue weighted by atomic mass is 16.1. The monoisotopic (exact) mass is 112 g/mol. The average Bonchev–Trinajstić information content (AvgIpc) is 1.86.